The summed E-state index contributed by atoms with van der Waals surface area (Å²) < 4.78 is 7.26. The molecule has 134 valence electrons. The lowest BCUT2D eigenvalue weighted by molar-refractivity contribution is -0.122. The molecule has 1 aromatic carbocycles. The van der Waals surface area contributed by atoms with Crippen molar-refractivity contribution in [2.75, 3.05) is 25.2 Å². The largest absolute Gasteiger partial charge is 0.383 e. The Morgan fingerprint density at radius 1 is 1.19 bits per heavy atom. The van der Waals surface area contributed by atoms with Crippen molar-refractivity contribution in [2.24, 2.45) is 7.05 Å². The van der Waals surface area contributed by atoms with E-state index in [0.29, 0.717) is 13.2 Å². The van der Waals surface area contributed by atoms with Gasteiger partial charge in [0.2, 0.25) is 5.91 Å². The molecule has 3 heterocycles. The highest BCUT2D eigenvalue weighted by atomic mass is 16.5. The van der Waals surface area contributed by atoms with E-state index in [2.05, 4.69) is 15.6 Å². The summed E-state index contributed by atoms with van der Waals surface area (Å²) in [5, 5.41) is 0. The van der Waals surface area contributed by atoms with E-state index in [1.807, 2.05) is 44.0 Å². The number of pyridine rings is 1. The first-order valence-electron chi connectivity index (χ1n) is 8.67. The Labute approximate surface area is 152 Å². The minimum Gasteiger partial charge on any atom is -0.383 e. The molecule has 0 aliphatic carbocycles. The van der Waals surface area contributed by atoms with Crippen molar-refractivity contribution in [2.45, 2.75) is 19.3 Å². The quantitative estimate of drug-likeness (QED) is 0.726. The highest BCUT2D eigenvalue weighted by molar-refractivity contribution is 6.09. The summed E-state index contributed by atoms with van der Waals surface area (Å²) >= 11 is 0. The van der Waals surface area contributed by atoms with Gasteiger partial charge in [-0.3, -0.25) is 9.78 Å². The molecule has 2 aromatic heterocycles. The number of amides is 1. The van der Waals surface area contributed by atoms with Crippen LogP contribution in [0.5, 0.6) is 0 Å². The van der Waals surface area contributed by atoms with Crippen LogP contribution in [0.1, 0.15) is 19.4 Å². The van der Waals surface area contributed by atoms with Crippen LogP contribution >= 0.6 is 0 Å². The van der Waals surface area contributed by atoms with Gasteiger partial charge in [-0.2, -0.15) is 0 Å². The number of methoxy groups -OCH3 is 1. The van der Waals surface area contributed by atoms with Crippen LogP contribution in [0, 0.1) is 0 Å². The number of imidazole rings is 1. The number of fused-ring (bicyclic) bond motifs is 2. The molecule has 0 spiro atoms. The Balaban J connectivity index is 1.90. The van der Waals surface area contributed by atoms with Gasteiger partial charge in [0.1, 0.15) is 5.82 Å². The predicted molar refractivity (Wildman–Crippen MR) is 101 cm³/mol. The van der Waals surface area contributed by atoms with Crippen molar-refractivity contribution < 1.29 is 9.53 Å². The van der Waals surface area contributed by atoms with E-state index in [1.54, 1.807) is 19.5 Å². The molecule has 4 rings (SSSR count). The van der Waals surface area contributed by atoms with Crippen LogP contribution < -0.4 is 4.90 Å². The Hall–Kier alpha value is -2.73. The van der Waals surface area contributed by atoms with Crippen LogP contribution in [0.2, 0.25) is 0 Å². The molecule has 0 saturated carbocycles. The molecule has 1 amide bonds. The first-order valence-corrected chi connectivity index (χ1v) is 8.67. The Bertz CT molecular complexity index is 992. The minimum absolute atomic E-state index is 0.106. The van der Waals surface area contributed by atoms with E-state index in [4.69, 9.17) is 9.72 Å². The second-order valence-corrected chi connectivity index (χ2v) is 7.16. The van der Waals surface area contributed by atoms with Crippen molar-refractivity contribution in [3.8, 4) is 11.4 Å². The molecule has 3 aromatic rings. The topological polar surface area (TPSA) is 60.2 Å². The number of hydrogen-bond acceptors (Lipinski definition) is 4. The number of anilines is 1. The molecule has 1 aliphatic rings. The molecule has 0 atom stereocenters. The van der Waals surface area contributed by atoms with E-state index in [-0.39, 0.29) is 5.91 Å². The number of rotatable bonds is 4. The average molecular weight is 350 g/mol. The monoisotopic (exact) mass is 350 g/mol. The zero-order valence-corrected chi connectivity index (χ0v) is 15.5. The van der Waals surface area contributed by atoms with Crippen LogP contribution in [0.3, 0.4) is 0 Å². The molecule has 26 heavy (non-hydrogen) atoms. The average Bonchev–Trinajstić information content (AvgIpc) is 3.06. The van der Waals surface area contributed by atoms with Gasteiger partial charge >= 0.3 is 0 Å². The fourth-order valence-electron chi connectivity index (χ4n) is 3.68. The second kappa shape index (κ2) is 5.92. The molecule has 0 N–H and O–H groups in total. The lowest BCUT2D eigenvalue weighted by atomic mass is 9.86. The van der Waals surface area contributed by atoms with Gasteiger partial charge < -0.3 is 14.2 Å². The van der Waals surface area contributed by atoms with E-state index in [0.717, 1.165) is 33.7 Å². The third kappa shape index (κ3) is 2.33. The van der Waals surface area contributed by atoms with Gasteiger partial charge in [0.15, 0.2) is 0 Å². The number of hydrogen-bond donors (Lipinski definition) is 0. The summed E-state index contributed by atoms with van der Waals surface area (Å²) in [7, 11) is 3.65. The van der Waals surface area contributed by atoms with Gasteiger partial charge in [-0.05, 0) is 43.7 Å². The summed E-state index contributed by atoms with van der Waals surface area (Å²) in [5.74, 6) is 0.993. The lowest BCUT2D eigenvalue weighted by Gasteiger charge is -2.19. The van der Waals surface area contributed by atoms with E-state index >= 15 is 0 Å². The van der Waals surface area contributed by atoms with Gasteiger partial charge in [-0.1, -0.05) is 0 Å². The maximum atomic E-state index is 12.9. The summed E-state index contributed by atoms with van der Waals surface area (Å²) in [5.41, 5.74) is 4.33. The van der Waals surface area contributed by atoms with Crippen molar-refractivity contribution in [3.63, 3.8) is 0 Å². The van der Waals surface area contributed by atoms with Crippen LogP contribution in [-0.2, 0) is 22.0 Å². The fourth-order valence-corrected chi connectivity index (χ4v) is 3.68. The van der Waals surface area contributed by atoms with E-state index in [1.165, 1.54) is 0 Å². The summed E-state index contributed by atoms with van der Waals surface area (Å²) in [6.07, 6.45) is 3.53. The zero-order valence-electron chi connectivity index (χ0n) is 15.5. The molecule has 0 radical (unpaired) electrons. The van der Waals surface area contributed by atoms with Gasteiger partial charge in [-0.25, -0.2) is 4.98 Å². The van der Waals surface area contributed by atoms with Crippen LogP contribution in [0.4, 0.5) is 5.69 Å². The van der Waals surface area contributed by atoms with Crippen molar-refractivity contribution in [1.29, 1.82) is 0 Å². The lowest BCUT2D eigenvalue weighted by Crippen LogP contribution is -2.37. The third-order valence-electron chi connectivity index (χ3n) is 5.20. The SMILES string of the molecule is COCCN1C(=O)C(C)(C)c2cc3c(cc21)nc(-c1ccncc1)n3C. The maximum Gasteiger partial charge on any atom is 0.237 e. The Morgan fingerprint density at radius 2 is 1.92 bits per heavy atom. The standard InChI is InChI=1S/C20H22N4O2/c1-20(2)14-11-17-15(12-16(14)24(19(20)25)9-10-26-4)22-18(23(17)3)13-5-7-21-8-6-13/h5-8,11-12H,9-10H2,1-4H3. The van der Waals surface area contributed by atoms with Gasteiger partial charge in [0, 0.05) is 38.7 Å². The van der Waals surface area contributed by atoms with Gasteiger partial charge in [0.05, 0.1) is 28.7 Å². The van der Waals surface area contributed by atoms with Crippen molar-refractivity contribution in [3.05, 3.63) is 42.2 Å². The molecule has 0 bridgehead atoms. The van der Waals surface area contributed by atoms with Gasteiger partial charge in [0.25, 0.3) is 0 Å². The number of nitrogens with zero attached hydrogens (tertiary/aromatic N) is 4. The first kappa shape index (κ1) is 16.7. The smallest absolute Gasteiger partial charge is 0.237 e. The Kier molecular flexibility index (Phi) is 3.80. The molecule has 0 fully saturated rings. The van der Waals surface area contributed by atoms with Crippen LogP contribution in [0.15, 0.2) is 36.7 Å². The molecular formula is C20H22N4O2. The molecular weight excluding hydrogens is 328 g/mol. The number of carbonyl (C=O) groups is 1. The van der Waals surface area contributed by atoms with E-state index in [9.17, 15) is 4.79 Å². The fraction of sp³-hybridized carbons (Fsp3) is 0.350. The van der Waals surface area contributed by atoms with Crippen molar-refractivity contribution in [1.82, 2.24) is 14.5 Å². The first-order chi connectivity index (χ1) is 12.4. The second-order valence-electron chi connectivity index (χ2n) is 7.16. The summed E-state index contributed by atoms with van der Waals surface area (Å²) in [4.78, 5) is 23.6. The number of benzene rings is 1. The Morgan fingerprint density at radius 3 is 2.62 bits per heavy atom. The molecule has 1 aliphatic heterocycles. The number of aryl methyl sites for hydroxylation is 1. The molecule has 6 heteroatoms. The normalized spacial score (nSPS) is 15.7. The molecule has 0 unspecified atom stereocenters. The maximum absolute atomic E-state index is 12.9. The van der Waals surface area contributed by atoms with E-state index < -0.39 is 5.41 Å². The molecule has 6 nitrogen and oxygen atoms in total. The predicted octanol–water partition coefficient (Wildman–Crippen LogP) is 2.91. The van der Waals surface area contributed by atoms with Crippen LogP contribution in [-0.4, -0.2) is 40.7 Å². The number of carbonyl (C=O) groups excluding carboxylic acids is 1. The third-order valence-corrected chi connectivity index (χ3v) is 5.20. The number of aromatic nitrogens is 3. The van der Waals surface area contributed by atoms with Crippen molar-refractivity contribution >= 4 is 22.6 Å². The zero-order chi connectivity index (χ0) is 18.5. The number of ether oxygens (including phenoxy) is 1. The highest BCUT2D eigenvalue weighted by Crippen LogP contribution is 2.43. The summed E-state index contributed by atoms with van der Waals surface area (Å²) in [6, 6.07) is 8.03. The van der Waals surface area contributed by atoms with Gasteiger partial charge in [-0.15, -0.1) is 0 Å². The minimum atomic E-state index is -0.557. The molecule has 0 saturated heterocycles. The summed E-state index contributed by atoms with van der Waals surface area (Å²) in [6.45, 7) is 5.00. The highest BCUT2D eigenvalue weighted by Gasteiger charge is 2.44. The van der Waals surface area contributed by atoms with Crippen LogP contribution in [0.25, 0.3) is 22.4 Å².